The van der Waals surface area contributed by atoms with Crippen molar-refractivity contribution in [1.29, 1.82) is 0 Å². The minimum atomic E-state index is -0.0326. The van der Waals surface area contributed by atoms with Crippen LogP contribution in [-0.4, -0.2) is 71.8 Å². The molecule has 1 aromatic rings. The van der Waals surface area contributed by atoms with Crippen molar-refractivity contribution in [2.75, 3.05) is 51.7 Å². The summed E-state index contributed by atoms with van der Waals surface area (Å²) >= 11 is 0. The lowest BCUT2D eigenvalue weighted by atomic mass is 9.95. The van der Waals surface area contributed by atoms with Gasteiger partial charge in [0.1, 0.15) is 5.69 Å². The van der Waals surface area contributed by atoms with Gasteiger partial charge in [-0.25, -0.2) is 0 Å². The van der Waals surface area contributed by atoms with E-state index in [0.717, 1.165) is 58.8 Å². The lowest BCUT2D eigenvalue weighted by Crippen LogP contribution is -2.44. The van der Waals surface area contributed by atoms with Crippen LogP contribution in [-0.2, 0) is 4.74 Å². The van der Waals surface area contributed by atoms with Gasteiger partial charge in [0.05, 0.1) is 25.1 Å². The summed E-state index contributed by atoms with van der Waals surface area (Å²) in [7, 11) is 0. The van der Waals surface area contributed by atoms with Crippen LogP contribution in [0.15, 0.2) is 6.20 Å². The van der Waals surface area contributed by atoms with Crippen LogP contribution in [0.2, 0.25) is 0 Å². The Labute approximate surface area is 124 Å². The van der Waals surface area contributed by atoms with Crippen molar-refractivity contribution in [3.8, 4) is 0 Å². The molecule has 0 radical (unpaired) electrons. The van der Waals surface area contributed by atoms with Gasteiger partial charge in [-0.15, -0.1) is 0 Å². The number of nitrogen functional groups attached to an aromatic ring is 1. The molecule has 1 amide bonds. The van der Waals surface area contributed by atoms with Crippen molar-refractivity contribution in [2.45, 2.75) is 12.8 Å². The fraction of sp³-hybridized carbons (Fsp3) is 0.714. The second kappa shape index (κ2) is 6.44. The number of rotatable bonds is 3. The molecule has 0 spiro atoms. The Morgan fingerprint density at radius 2 is 2.05 bits per heavy atom. The molecule has 0 aliphatic carbocycles. The first-order chi connectivity index (χ1) is 10.2. The number of likely N-dealkylation sites (tertiary alicyclic amines) is 1. The fourth-order valence-corrected chi connectivity index (χ4v) is 3.09. The molecular weight excluding hydrogens is 270 g/mol. The van der Waals surface area contributed by atoms with Crippen LogP contribution < -0.4 is 5.73 Å². The number of morpholine rings is 1. The molecular formula is C14H23N5O2. The number of aromatic amines is 1. The zero-order valence-electron chi connectivity index (χ0n) is 12.3. The first-order valence-corrected chi connectivity index (χ1v) is 7.62. The maximum Gasteiger partial charge on any atom is 0.274 e. The van der Waals surface area contributed by atoms with Gasteiger partial charge in [-0.2, -0.15) is 5.10 Å². The second-order valence-electron chi connectivity index (χ2n) is 5.85. The number of amides is 1. The maximum atomic E-state index is 12.3. The highest BCUT2D eigenvalue weighted by Gasteiger charge is 2.27. The molecule has 2 fully saturated rings. The van der Waals surface area contributed by atoms with Gasteiger partial charge in [-0.1, -0.05) is 0 Å². The molecule has 0 bridgehead atoms. The van der Waals surface area contributed by atoms with E-state index in [9.17, 15) is 4.79 Å². The molecule has 2 aliphatic heterocycles. The van der Waals surface area contributed by atoms with Crippen molar-refractivity contribution in [3.05, 3.63) is 11.9 Å². The molecule has 3 rings (SSSR count). The van der Waals surface area contributed by atoms with Gasteiger partial charge in [-0.3, -0.25) is 14.8 Å². The normalized spacial score (nSPS) is 21.6. The van der Waals surface area contributed by atoms with E-state index in [4.69, 9.17) is 10.5 Å². The Bertz CT molecular complexity index is 475. The number of piperidine rings is 1. The summed E-state index contributed by atoms with van der Waals surface area (Å²) < 4.78 is 5.37. The molecule has 0 atom stereocenters. The van der Waals surface area contributed by atoms with E-state index in [1.807, 2.05) is 4.90 Å². The number of nitrogens with two attached hydrogens (primary N) is 1. The van der Waals surface area contributed by atoms with Gasteiger partial charge in [0.2, 0.25) is 0 Å². The number of nitrogens with zero attached hydrogens (tertiary/aromatic N) is 3. The summed E-state index contributed by atoms with van der Waals surface area (Å²) in [5, 5.41) is 6.50. The Hall–Kier alpha value is -1.60. The first kappa shape index (κ1) is 14.3. The molecule has 0 unspecified atom stereocenters. The van der Waals surface area contributed by atoms with Crippen molar-refractivity contribution in [3.63, 3.8) is 0 Å². The third-order valence-electron chi connectivity index (χ3n) is 4.40. The van der Waals surface area contributed by atoms with Crippen molar-refractivity contribution in [1.82, 2.24) is 20.0 Å². The van der Waals surface area contributed by atoms with Gasteiger partial charge < -0.3 is 15.4 Å². The SMILES string of the molecule is Nc1cn[nH]c1C(=O)N1CCC(CN2CCOCC2)CC1. The van der Waals surface area contributed by atoms with E-state index in [1.165, 1.54) is 6.20 Å². The highest BCUT2D eigenvalue weighted by atomic mass is 16.5. The summed E-state index contributed by atoms with van der Waals surface area (Å²) in [6, 6.07) is 0. The number of nitrogens with one attached hydrogen (secondary N) is 1. The van der Waals surface area contributed by atoms with Gasteiger partial charge in [0.15, 0.2) is 0 Å². The zero-order chi connectivity index (χ0) is 14.7. The number of ether oxygens (including phenoxy) is 1. The minimum absolute atomic E-state index is 0.0326. The summed E-state index contributed by atoms with van der Waals surface area (Å²) in [6.45, 7) is 6.47. The van der Waals surface area contributed by atoms with Gasteiger partial charge in [0.25, 0.3) is 5.91 Å². The number of carbonyl (C=O) groups is 1. The second-order valence-corrected chi connectivity index (χ2v) is 5.85. The quantitative estimate of drug-likeness (QED) is 0.830. The van der Waals surface area contributed by atoms with E-state index in [0.29, 0.717) is 17.3 Å². The smallest absolute Gasteiger partial charge is 0.274 e. The van der Waals surface area contributed by atoms with E-state index in [2.05, 4.69) is 15.1 Å². The lowest BCUT2D eigenvalue weighted by molar-refractivity contribution is 0.0242. The van der Waals surface area contributed by atoms with E-state index >= 15 is 0 Å². The van der Waals surface area contributed by atoms with Gasteiger partial charge in [0, 0.05) is 32.7 Å². The topological polar surface area (TPSA) is 87.5 Å². The van der Waals surface area contributed by atoms with Crippen LogP contribution >= 0.6 is 0 Å². The number of anilines is 1. The predicted molar refractivity (Wildman–Crippen MR) is 78.9 cm³/mol. The van der Waals surface area contributed by atoms with Crippen LogP contribution in [0.1, 0.15) is 23.3 Å². The van der Waals surface area contributed by atoms with Crippen molar-refractivity contribution in [2.24, 2.45) is 5.92 Å². The van der Waals surface area contributed by atoms with Crippen LogP contribution in [0.4, 0.5) is 5.69 Å². The molecule has 3 N–H and O–H groups in total. The molecule has 2 aliphatic rings. The highest BCUT2D eigenvalue weighted by molar-refractivity contribution is 5.97. The summed E-state index contributed by atoms with van der Waals surface area (Å²) in [4.78, 5) is 16.7. The Morgan fingerprint density at radius 1 is 1.33 bits per heavy atom. The maximum absolute atomic E-state index is 12.3. The third kappa shape index (κ3) is 3.36. The molecule has 0 aromatic carbocycles. The largest absolute Gasteiger partial charge is 0.396 e. The summed E-state index contributed by atoms with van der Waals surface area (Å²) in [5.74, 6) is 0.640. The molecule has 7 nitrogen and oxygen atoms in total. The third-order valence-corrected chi connectivity index (χ3v) is 4.40. The standard InChI is InChI=1S/C14H23N5O2/c15-12-9-16-17-13(12)14(20)19-3-1-11(2-4-19)10-18-5-7-21-8-6-18/h9,11H,1-8,10,15H2,(H,16,17). The summed E-state index contributed by atoms with van der Waals surface area (Å²) in [6.07, 6.45) is 3.59. The first-order valence-electron chi connectivity index (χ1n) is 7.62. The van der Waals surface area contributed by atoms with E-state index in [-0.39, 0.29) is 5.91 Å². The fourth-order valence-electron chi connectivity index (χ4n) is 3.09. The van der Waals surface area contributed by atoms with Crippen LogP contribution in [0.5, 0.6) is 0 Å². The molecule has 2 saturated heterocycles. The molecule has 1 aromatic heterocycles. The monoisotopic (exact) mass is 293 g/mol. The van der Waals surface area contributed by atoms with E-state index in [1.54, 1.807) is 0 Å². The molecule has 7 heteroatoms. The Kier molecular flexibility index (Phi) is 4.40. The lowest BCUT2D eigenvalue weighted by Gasteiger charge is -2.35. The Balaban J connectivity index is 1.48. The molecule has 0 saturated carbocycles. The number of hydrogen-bond acceptors (Lipinski definition) is 5. The summed E-state index contributed by atoms with van der Waals surface area (Å²) in [5.41, 5.74) is 6.58. The molecule has 21 heavy (non-hydrogen) atoms. The number of aromatic nitrogens is 2. The van der Waals surface area contributed by atoms with E-state index < -0.39 is 0 Å². The van der Waals surface area contributed by atoms with Gasteiger partial charge in [-0.05, 0) is 18.8 Å². The molecule has 116 valence electrons. The van der Waals surface area contributed by atoms with Crippen LogP contribution in [0.3, 0.4) is 0 Å². The number of carbonyl (C=O) groups excluding carboxylic acids is 1. The Morgan fingerprint density at radius 3 is 2.67 bits per heavy atom. The minimum Gasteiger partial charge on any atom is -0.396 e. The average molecular weight is 293 g/mol. The van der Waals surface area contributed by atoms with Crippen LogP contribution in [0, 0.1) is 5.92 Å². The zero-order valence-corrected chi connectivity index (χ0v) is 12.3. The van der Waals surface area contributed by atoms with Crippen LogP contribution in [0.25, 0.3) is 0 Å². The molecule has 3 heterocycles. The van der Waals surface area contributed by atoms with Gasteiger partial charge >= 0.3 is 0 Å². The predicted octanol–water partition coefficient (Wildman–Crippen LogP) is 0.176. The van der Waals surface area contributed by atoms with Crippen molar-refractivity contribution < 1.29 is 9.53 Å². The van der Waals surface area contributed by atoms with Crippen molar-refractivity contribution >= 4 is 11.6 Å². The number of hydrogen-bond donors (Lipinski definition) is 2. The average Bonchev–Trinajstić information content (AvgIpc) is 2.94. The number of H-pyrrole nitrogens is 1. The highest BCUT2D eigenvalue weighted by Crippen LogP contribution is 2.21.